The van der Waals surface area contributed by atoms with Crippen LogP contribution in [0.5, 0.6) is 0 Å². The molecule has 1 aliphatic rings. The van der Waals surface area contributed by atoms with Gasteiger partial charge in [0.2, 0.25) is 11.8 Å². The third-order valence-corrected chi connectivity index (χ3v) is 16.4. The number of hydrogen-bond acceptors (Lipinski definition) is 11. The molecule has 7 N–H and O–H groups in total. The van der Waals surface area contributed by atoms with Crippen LogP contribution >= 0.6 is 0 Å². The number of ether oxygens (including phenoxy) is 2. The number of nitrogens with one attached hydrogen (secondary N) is 2. The van der Waals surface area contributed by atoms with Crippen LogP contribution in [0.4, 0.5) is 5.69 Å². The van der Waals surface area contributed by atoms with E-state index in [1.807, 2.05) is 49.3 Å². The van der Waals surface area contributed by atoms with Gasteiger partial charge in [0.05, 0.1) is 18.8 Å². The Morgan fingerprint density at radius 1 is 0.532 bits per heavy atom. The van der Waals surface area contributed by atoms with E-state index < -0.39 is 54.9 Å². The summed E-state index contributed by atoms with van der Waals surface area (Å²) in [5, 5.41) is 62.8. The first kappa shape index (κ1) is 70.1. The zero-order valence-electron chi connectivity index (χ0n) is 50.3. The molecule has 0 bridgehead atoms. The average Bonchev–Trinajstić information content (AvgIpc) is 3.49. The van der Waals surface area contributed by atoms with Crippen LogP contribution in [0, 0.1) is 0 Å². The summed E-state index contributed by atoms with van der Waals surface area (Å²) in [5.41, 5.74) is 1.54. The van der Waals surface area contributed by atoms with Crippen molar-refractivity contribution in [3.63, 3.8) is 0 Å². The van der Waals surface area contributed by atoms with Gasteiger partial charge in [-0.15, -0.1) is 0 Å². The second-order valence-corrected chi connectivity index (χ2v) is 23.7. The normalized spacial score (nSPS) is 18.6. The minimum atomic E-state index is -1.70. The van der Waals surface area contributed by atoms with Crippen LogP contribution in [0.3, 0.4) is 0 Å². The lowest BCUT2D eigenvalue weighted by molar-refractivity contribution is -0.297. The van der Waals surface area contributed by atoms with Gasteiger partial charge in [-0.1, -0.05) is 250 Å². The van der Waals surface area contributed by atoms with E-state index >= 15 is 0 Å². The number of amides is 2. The molecule has 1 fully saturated rings. The highest BCUT2D eigenvalue weighted by molar-refractivity contribution is 6.01. The number of benzene rings is 2. The van der Waals surface area contributed by atoms with Crippen LogP contribution in [0.2, 0.25) is 0 Å². The third-order valence-electron chi connectivity index (χ3n) is 16.4. The van der Waals surface area contributed by atoms with Crippen molar-refractivity contribution in [3.8, 4) is 0 Å². The van der Waals surface area contributed by atoms with E-state index in [1.165, 1.54) is 173 Å². The van der Waals surface area contributed by atoms with Crippen molar-refractivity contribution in [1.29, 1.82) is 0 Å². The number of carbonyl (C=O) groups is 3. The zero-order chi connectivity index (χ0) is 57.3. The van der Waals surface area contributed by atoms with Gasteiger partial charge in [0.1, 0.15) is 30.5 Å². The summed E-state index contributed by atoms with van der Waals surface area (Å²) in [5.74, 6) is -0.945. The highest BCUT2D eigenvalue weighted by Crippen LogP contribution is 2.26. The molecule has 2 aromatic carbocycles. The summed E-state index contributed by atoms with van der Waals surface area (Å²) >= 11 is 0. The fraction of sp³-hybridized carbons (Fsp3) is 0.803. The predicted octanol–water partition coefficient (Wildman–Crippen LogP) is 13.5. The number of ketones is 1. The number of fused-ring (bicyclic) bond motifs is 1. The first-order chi connectivity index (χ1) is 38.4. The summed E-state index contributed by atoms with van der Waals surface area (Å²) in [4.78, 5) is 41.4. The first-order valence-electron chi connectivity index (χ1n) is 32.3. The summed E-state index contributed by atoms with van der Waals surface area (Å²) in [6.45, 7) is 3.91. The number of carbonyl (C=O) groups excluding carboxylic acids is 3. The molecule has 0 radical (unpaired) electrons. The molecule has 79 heavy (non-hydrogen) atoms. The van der Waals surface area contributed by atoms with E-state index in [0.717, 1.165) is 55.0 Å². The van der Waals surface area contributed by atoms with Crippen LogP contribution in [-0.4, -0.2) is 119 Å². The molecule has 1 heterocycles. The quantitative estimate of drug-likeness (QED) is 0.0246. The fourth-order valence-electron chi connectivity index (χ4n) is 11.0. The van der Waals surface area contributed by atoms with E-state index in [9.17, 15) is 39.9 Å². The highest BCUT2D eigenvalue weighted by atomic mass is 16.7. The van der Waals surface area contributed by atoms with Gasteiger partial charge in [-0.2, -0.15) is 0 Å². The zero-order valence-corrected chi connectivity index (χ0v) is 50.3. The molecule has 2 amide bonds. The molecule has 1 saturated heterocycles. The van der Waals surface area contributed by atoms with E-state index in [4.69, 9.17) is 9.47 Å². The van der Waals surface area contributed by atoms with E-state index in [0.29, 0.717) is 24.8 Å². The van der Waals surface area contributed by atoms with Crippen molar-refractivity contribution < 1.29 is 49.4 Å². The van der Waals surface area contributed by atoms with Gasteiger partial charge in [-0.3, -0.25) is 14.4 Å². The van der Waals surface area contributed by atoms with Crippen molar-refractivity contribution in [2.45, 2.75) is 313 Å². The molecule has 0 aliphatic carbocycles. The molecule has 13 heteroatoms. The minimum Gasteiger partial charge on any atom is -0.390 e. The Labute approximate surface area is 479 Å². The minimum absolute atomic E-state index is 0.0471. The van der Waals surface area contributed by atoms with Crippen molar-refractivity contribution in [2.24, 2.45) is 0 Å². The number of aliphatic hydroxyl groups is 5. The largest absolute Gasteiger partial charge is 0.390 e. The van der Waals surface area contributed by atoms with Gasteiger partial charge in [0.15, 0.2) is 12.1 Å². The molecule has 8 atom stereocenters. The molecule has 0 aromatic heterocycles. The Hall–Kier alpha value is -3.17. The lowest BCUT2D eigenvalue weighted by atomic mass is 9.98. The number of nitrogens with zero attached hydrogens (tertiary/aromatic N) is 1. The summed E-state index contributed by atoms with van der Waals surface area (Å²) in [6.07, 6.45) is 34.0. The average molecular weight is 1110 g/mol. The van der Waals surface area contributed by atoms with Crippen LogP contribution in [0.25, 0.3) is 10.8 Å². The molecular formula is C66H115N3O10. The standard InChI is InChI=1S/C66H115N3O10/c1-5-7-9-11-13-15-17-19-20-21-22-23-24-25-26-27-28-29-31-33-35-37-39-41-61(73)68-56(62(74)58(71)40-38-36-34-32-30-18-16-14-12-10-8-6-2)51-78-66-65(77)64(76)63(75)59(79-66)50-67-60(72)47-46-57(70)54-43-42-53-49-55(69(3)4)45-44-52(53)48-54/h42-45,48-49,56,58-59,62-66,71,74-77H,5-41,46-47,50-51H2,1-4H3,(H,67,72)(H,68,73)/t56-,58+,59+,62-,63-,64-,65+,66-/m0/s1. The number of aliphatic hydroxyl groups excluding tert-OH is 5. The first-order valence-corrected chi connectivity index (χ1v) is 32.3. The van der Waals surface area contributed by atoms with Crippen molar-refractivity contribution in [3.05, 3.63) is 42.0 Å². The Bertz CT molecular complexity index is 1870. The van der Waals surface area contributed by atoms with E-state index in [1.54, 1.807) is 6.07 Å². The van der Waals surface area contributed by atoms with Gasteiger partial charge in [0.25, 0.3) is 0 Å². The Kier molecular flexibility index (Phi) is 39.4. The molecular weight excluding hydrogens is 995 g/mol. The Morgan fingerprint density at radius 3 is 1.46 bits per heavy atom. The summed E-state index contributed by atoms with van der Waals surface area (Å²) in [6, 6.07) is 10.4. The Morgan fingerprint density at radius 2 is 0.975 bits per heavy atom. The van der Waals surface area contributed by atoms with Crippen LogP contribution < -0.4 is 15.5 Å². The molecule has 2 aromatic rings. The van der Waals surface area contributed by atoms with Gasteiger partial charge < -0.3 is 50.5 Å². The number of anilines is 1. The number of hydrogen-bond donors (Lipinski definition) is 7. The summed E-state index contributed by atoms with van der Waals surface area (Å²) in [7, 11) is 3.93. The van der Waals surface area contributed by atoms with E-state index in [2.05, 4.69) is 24.5 Å². The molecule has 0 spiro atoms. The van der Waals surface area contributed by atoms with Gasteiger partial charge in [-0.25, -0.2) is 0 Å². The lowest BCUT2D eigenvalue weighted by Crippen LogP contribution is -2.61. The monoisotopic (exact) mass is 1110 g/mol. The topological polar surface area (TPSA) is 198 Å². The number of rotatable bonds is 50. The molecule has 3 rings (SSSR count). The van der Waals surface area contributed by atoms with Gasteiger partial charge in [0, 0.05) is 51.2 Å². The smallest absolute Gasteiger partial charge is 0.220 e. The lowest BCUT2D eigenvalue weighted by Gasteiger charge is -2.41. The maximum Gasteiger partial charge on any atom is 0.220 e. The second-order valence-electron chi connectivity index (χ2n) is 23.7. The van der Waals surface area contributed by atoms with Crippen LogP contribution in [-0.2, 0) is 19.1 Å². The highest BCUT2D eigenvalue weighted by Gasteiger charge is 2.45. The maximum atomic E-state index is 13.4. The molecule has 0 unspecified atom stereocenters. The maximum absolute atomic E-state index is 13.4. The second kappa shape index (κ2) is 44.4. The van der Waals surface area contributed by atoms with Crippen LogP contribution in [0.1, 0.15) is 275 Å². The number of unbranched alkanes of at least 4 members (excludes halogenated alkanes) is 33. The molecule has 0 saturated carbocycles. The van der Waals surface area contributed by atoms with Crippen molar-refractivity contribution in [2.75, 3.05) is 32.1 Å². The third kappa shape index (κ3) is 31.2. The molecule has 1 aliphatic heterocycles. The Balaban J connectivity index is 1.39. The summed E-state index contributed by atoms with van der Waals surface area (Å²) < 4.78 is 11.8. The SMILES string of the molecule is CCCCCCCCCCCCCCCCCCCCCCCCCC(=O)N[C@@H](CO[C@H]1O[C@H](CNC(=O)CCC(=O)c2ccc3cc(N(C)C)ccc3c2)[C@H](O)[C@H](O)[C@H]1O)[C@H](O)[C@H](O)CCCCCCCCCCCCCC. The molecule has 13 nitrogen and oxygen atoms in total. The van der Waals surface area contributed by atoms with Crippen LogP contribution in [0.15, 0.2) is 36.4 Å². The molecule has 454 valence electrons. The van der Waals surface area contributed by atoms with Gasteiger partial charge >= 0.3 is 0 Å². The fourth-order valence-corrected chi connectivity index (χ4v) is 11.0. The van der Waals surface area contributed by atoms with Crippen molar-refractivity contribution >= 4 is 34.1 Å². The van der Waals surface area contributed by atoms with Gasteiger partial charge in [-0.05, 0) is 41.8 Å². The van der Waals surface area contributed by atoms with E-state index in [-0.39, 0.29) is 44.1 Å². The van der Waals surface area contributed by atoms with Crippen molar-refractivity contribution in [1.82, 2.24) is 10.6 Å². The predicted molar refractivity (Wildman–Crippen MR) is 324 cm³/mol. The number of Topliss-reactive ketones (excluding diaryl/α,β-unsaturated/α-hetero) is 1.